The largest absolute Gasteiger partial charge is 0.356 e. The van der Waals surface area contributed by atoms with E-state index >= 15 is 0 Å². The number of carbonyl (C=O) groups is 2. The van der Waals surface area contributed by atoms with Gasteiger partial charge in [-0.05, 0) is 18.8 Å². The zero-order valence-corrected chi connectivity index (χ0v) is 12.0. The fraction of sp³-hybridized carbons (Fsp3) is 0.692. The Morgan fingerprint density at radius 1 is 1.40 bits per heavy atom. The summed E-state index contributed by atoms with van der Waals surface area (Å²) < 4.78 is 0. The Balaban J connectivity index is 1.84. The number of hydrogen-bond acceptors (Lipinski definition) is 4. The summed E-state index contributed by atoms with van der Waals surface area (Å²) in [6.07, 6.45) is 2.53. The van der Waals surface area contributed by atoms with Crippen LogP contribution < -0.4 is 5.32 Å². The molecule has 0 spiro atoms. The van der Waals surface area contributed by atoms with Gasteiger partial charge in [0.15, 0.2) is 0 Å². The van der Waals surface area contributed by atoms with Crippen LogP contribution in [0.4, 0.5) is 0 Å². The maximum Gasteiger partial charge on any atom is 0.293 e. The molecule has 7 heteroatoms. The van der Waals surface area contributed by atoms with E-state index in [9.17, 15) is 9.59 Å². The van der Waals surface area contributed by atoms with E-state index in [1.54, 1.807) is 4.90 Å². The lowest BCUT2D eigenvalue weighted by Crippen LogP contribution is -2.41. The van der Waals surface area contributed by atoms with Gasteiger partial charge >= 0.3 is 0 Å². The summed E-state index contributed by atoms with van der Waals surface area (Å²) in [4.78, 5) is 29.0. The molecule has 20 heavy (non-hydrogen) atoms. The van der Waals surface area contributed by atoms with E-state index in [4.69, 9.17) is 0 Å². The minimum Gasteiger partial charge on any atom is -0.356 e. The van der Waals surface area contributed by atoms with Gasteiger partial charge in [-0.1, -0.05) is 6.92 Å². The van der Waals surface area contributed by atoms with Crippen molar-refractivity contribution >= 4 is 11.8 Å². The van der Waals surface area contributed by atoms with E-state index in [1.807, 2.05) is 6.92 Å². The van der Waals surface area contributed by atoms with Gasteiger partial charge < -0.3 is 10.2 Å². The molecule has 1 aromatic heterocycles. The Morgan fingerprint density at radius 3 is 2.65 bits per heavy atom. The molecule has 0 radical (unpaired) electrons. The molecule has 110 valence electrons. The second kappa shape index (κ2) is 6.49. The number of likely N-dealkylation sites (tertiary alicyclic amines) is 1. The Labute approximate surface area is 118 Å². The summed E-state index contributed by atoms with van der Waals surface area (Å²) in [6, 6.07) is 0. The first-order valence-electron chi connectivity index (χ1n) is 7.05. The van der Waals surface area contributed by atoms with Crippen LogP contribution >= 0.6 is 0 Å². The lowest BCUT2D eigenvalue weighted by atomic mass is 9.96. The van der Waals surface area contributed by atoms with E-state index in [-0.39, 0.29) is 17.6 Å². The van der Waals surface area contributed by atoms with Crippen LogP contribution in [0, 0.1) is 5.92 Å². The van der Waals surface area contributed by atoms with Gasteiger partial charge in [0.05, 0.1) is 0 Å². The van der Waals surface area contributed by atoms with Gasteiger partial charge in [0, 0.05) is 33.0 Å². The molecule has 2 amide bonds. The molecular formula is C13H21N5O2. The third-order valence-electron chi connectivity index (χ3n) is 3.60. The fourth-order valence-corrected chi connectivity index (χ4v) is 2.32. The zero-order valence-electron chi connectivity index (χ0n) is 12.0. The molecule has 0 saturated carbocycles. The number of nitrogens with zero attached hydrogens (tertiary/aromatic N) is 3. The first-order chi connectivity index (χ1) is 9.60. The second-order valence-corrected chi connectivity index (χ2v) is 5.13. The van der Waals surface area contributed by atoms with E-state index in [0.29, 0.717) is 25.6 Å². The van der Waals surface area contributed by atoms with Crippen LogP contribution in [-0.4, -0.2) is 51.5 Å². The van der Waals surface area contributed by atoms with Gasteiger partial charge in [-0.2, -0.15) is 0 Å². The van der Waals surface area contributed by atoms with Crippen molar-refractivity contribution in [3.63, 3.8) is 0 Å². The summed E-state index contributed by atoms with van der Waals surface area (Å²) in [5, 5.41) is 9.55. The summed E-state index contributed by atoms with van der Waals surface area (Å²) in [7, 11) is 0. The van der Waals surface area contributed by atoms with Crippen molar-refractivity contribution in [1.82, 2.24) is 25.4 Å². The predicted molar refractivity (Wildman–Crippen MR) is 73.1 cm³/mol. The van der Waals surface area contributed by atoms with Crippen molar-refractivity contribution in [2.75, 3.05) is 19.6 Å². The molecule has 2 N–H and O–H groups in total. The maximum absolute atomic E-state index is 12.2. The van der Waals surface area contributed by atoms with E-state index in [1.165, 1.54) is 6.92 Å². The minimum absolute atomic E-state index is 0.00340. The number of H-pyrrole nitrogens is 1. The highest BCUT2D eigenvalue weighted by atomic mass is 16.2. The highest BCUT2D eigenvalue weighted by Gasteiger charge is 2.25. The number of aromatic nitrogens is 3. The molecule has 2 heterocycles. The normalized spacial score (nSPS) is 16.2. The molecule has 1 saturated heterocycles. The van der Waals surface area contributed by atoms with Crippen LogP contribution in [0.5, 0.6) is 0 Å². The molecule has 0 bridgehead atoms. The Bertz CT molecular complexity index is 477. The number of aryl methyl sites for hydroxylation is 1. The number of hydrogen-bond donors (Lipinski definition) is 2. The predicted octanol–water partition coefficient (Wildman–Crippen LogP) is 0.355. The van der Waals surface area contributed by atoms with Crippen molar-refractivity contribution in [3.05, 3.63) is 11.6 Å². The Hall–Kier alpha value is -1.92. The SMILES string of the molecule is CCc1nc(C(=O)N2CCC(CNC(C)=O)CC2)n[nH]1. The smallest absolute Gasteiger partial charge is 0.293 e. The van der Waals surface area contributed by atoms with Gasteiger partial charge in [0.25, 0.3) is 5.91 Å². The molecule has 0 atom stereocenters. The van der Waals surface area contributed by atoms with Crippen molar-refractivity contribution < 1.29 is 9.59 Å². The third-order valence-corrected chi connectivity index (χ3v) is 3.60. The van der Waals surface area contributed by atoms with E-state index < -0.39 is 0 Å². The molecule has 1 fully saturated rings. The molecule has 0 unspecified atom stereocenters. The number of carbonyl (C=O) groups excluding carboxylic acids is 2. The van der Waals surface area contributed by atoms with Crippen molar-refractivity contribution in [3.8, 4) is 0 Å². The number of piperidine rings is 1. The fourth-order valence-electron chi connectivity index (χ4n) is 2.32. The Morgan fingerprint density at radius 2 is 2.10 bits per heavy atom. The lowest BCUT2D eigenvalue weighted by Gasteiger charge is -2.31. The first-order valence-corrected chi connectivity index (χ1v) is 7.05. The van der Waals surface area contributed by atoms with Crippen molar-refractivity contribution in [2.45, 2.75) is 33.1 Å². The van der Waals surface area contributed by atoms with Gasteiger partial charge in [-0.3, -0.25) is 14.7 Å². The van der Waals surface area contributed by atoms with E-state index in [2.05, 4.69) is 20.5 Å². The zero-order chi connectivity index (χ0) is 14.5. The summed E-state index contributed by atoms with van der Waals surface area (Å²) in [5.74, 6) is 1.31. The molecule has 1 aliphatic rings. The van der Waals surface area contributed by atoms with Gasteiger partial charge in [0.2, 0.25) is 11.7 Å². The lowest BCUT2D eigenvalue weighted by molar-refractivity contribution is -0.119. The van der Waals surface area contributed by atoms with Crippen LogP contribution in [0.2, 0.25) is 0 Å². The average molecular weight is 279 g/mol. The van der Waals surface area contributed by atoms with Crippen LogP contribution in [0.25, 0.3) is 0 Å². The number of nitrogens with one attached hydrogen (secondary N) is 2. The Kier molecular flexibility index (Phi) is 4.70. The van der Waals surface area contributed by atoms with Crippen LogP contribution in [-0.2, 0) is 11.2 Å². The molecule has 0 aliphatic carbocycles. The highest BCUT2D eigenvalue weighted by Crippen LogP contribution is 2.17. The van der Waals surface area contributed by atoms with Crippen molar-refractivity contribution in [2.24, 2.45) is 5.92 Å². The van der Waals surface area contributed by atoms with Crippen LogP contribution in [0.3, 0.4) is 0 Å². The minimum atomic E-state index is -0.112. The number of amides is 2. The van der Waals surface area contributed by atoms with Crippen molar-refractivity contribution in [1.29, 1.82) is 0 Å². The quantitative estimate of drug-likeness (QED) is 0.832. The number of aromatic amines is 1. The standard InChI is InChI=1S/C13H21N5O2/c1-3-11-15-12(17-16-11)13(20)18-6-4-10(5-7-18)8-14-9(2)19/h10H,3-8H2,1-2H3,(H,14,19)(H,15,16,17). The molecule has 7 nitrogen and oxygen atoms in total. The average Bonchev–Trinajstić information content (AvgIpc) is 2.94. The molecule has 0 aromatic carbocycles. The molecule has 2 rings (SSSR count). The van der Waals surface area contributed by atoms with Gasteiger partial charge in [-0.15, -0.1) is 5.10 Å². The molecule has 1 aromatic rings. The van der Waals surface area contributed by atoms with E-state index in [0.717, 1.165) is 25.1 Å². The monoisotopic (exact) mass is 279 g/mol. The highest BCUT2D eigenvalue weighted by molar-refractivity contribution is 5.90. The first kappa shape index (κ1) is 14.5. The van der Waals surface area contributed by atoms with Crippen LogP contribution in [0.1, 0.15) is 43.1 Å². The molecule has 1 aliphatic heterocycles. The van der Waals surface area contributed by atoms with Crippen LogP contribution in [0.15, 0.2) is 0 Å². The number of rotatable bonds is 4. The maximum atomic E-state index is 12.2. The van der Waals surface area contributed by atoms with Gasteiger partial charge in [-0.25, -0.2) is 4.98 Å². The topological polar surface area (TPSA) is 91.0 Å². The summed E-state index contributed by atoms with van der Waals surface area (Å²) in [5.41, 5.74) is 0. The summed E-state index contributed by atoms with van der Waals surface area (Å²) >= 11 is 0. The van der Waals surface area contributed by atoms with Gasteiger partial charge in [0.1, 0.15) is 5.82 Å². The summed E-state index contributed by atoms with van der Waals surface area (Å²) in [6.45, 7) is 5.56. The second-order valence-electron chi connectivity index (χ2n) is 5.13. The molecular weight excluding hydrogens is 258 g/mol. The third kappa shape index (κ3) is 3.55.